The van der Waals surface area contributed by atoms with Crippen LogP contribution >= 0.6 is 0 Å². The van der Waals surface area contributed by atoms with Crippen molar-refractivity contribution in [1.82, 2.24) is 34.9 Å². The molecule has 1 amide bonds. The molecule has 0 aliphatic carbocycles. The summed E-state index contributed by atoms with van der Waals surface area (Å²) in [6.07, 6.45) is 0.919. The van der Waals surface area contributed by atoms with E-state index in [-0.39, 0.29) is 5.91 Å². The summed E-state index contributed by atoms with van der Waals surface area (Å²) >= 11 is 0. The molecule has 0 atom stereocenters. The van der Waals surface area contributed by atoms with E-state index in [1.54, 1.807) is 15.3 Å². The maximum Gasteiger partial charge on any atom is 0.271 e. The minimum Gasteiger partial charge on any atom is -0.478 e. The maximum absolute atomic E-state index is 12.3. The molecule has 0 aromatic carbocycles. The van der Waals surface area contributed by atoms with Crippen LogP contribution in [0.3, 0.4) is 0 Å². The summed E-state index contributed by atoms with van der Waals surface area (Å²) in [5.74, 6) is 2.57. The Labute approximate surface area is 155 Å². The Bertz CT molecular complexity index is 980. The number of carbonyl (C=O) groups excluding carboxylic acids is 1. The predicted octanol–water partition coefficient (Wildman–Crippen LogP) is 0.278. The molecular weight excluding hydrogens is 348 g/mol. The van der Waals surface area contributed by atoms with Gasteiger partial charge in [0.1, 0.15) is 5.82 Å². The van der Waals surface area contributed by atoms with Crippen LogP contribution < -0.4 is 15.0 Å². The van der Waals surface area contributed by atoms with Gasteiger partial charge in [0.2, 0.25) is 5.88 Å². The second kappa shape index (κ2) is 6.22. The van der Waals surface area contributed by atoms with Gasteiger partial charge in [-0.1, -0.05) is 0 Å². The molecule has 0 unspecified atom stereocenters. The number of ether oxygens (including phenoxy) is 1. The first-order valence-corrected chi connectivity index (χ1v) is 9.10. The predicted molar refractivity (Wildman–Crippen MR) is 95.9 cm³/mol. The van der Waals surface area contributed by atoms with Crippen LogP contribution in [0.4, 0.5) is 5.82 Å². The summed E-state index contributed by atoms with van der Waals surface area (Å²) < 4.78 is 9.00. The number of rotatable bonds is 4. The van der Waals surface area contributed by atoms with E-state index in [0.29, 0.717) is 30.6 Å². The average Bonchev–Trinajstić information content (AvgIpc) is 3.24. The third-order valence-electron chi connectivity index (χ3n) is 4.98. The molecular formula is C17H20N8O2. The number of carbonyl (C=O) groups is 1. The molecule has 2 aliphatic heterocycles. The van der Waals surface area contributed by atoms with Gasteiger partial charge in [0.25, 0.3) is 5.91 Å². The van der Waals surface area contributed by atoms with E-state index < -0.39 is 0 Å². The molecule has 3 aromatic rings. The lowest BCUT2D eigenvalue weighted by Crippen LogP contribution is -2.52. The van der Waals surface area contributed by atoms with Crippen LogP contribution in [0.15, 0.2) is 18.2 Å². The molecule has 5 heterocycles. The minimum atomic E-state index is -0.154. The first-order valence-electron chi connectivity index (χ1n) is 9.10. The van der Waals surface area contributed by atoms with Crippen molar-refractivity contribution in [3.63, 3.8) is 0 Å². The van der Waals surface area contributed by atoms with Crippen molar-refractivity contribution in [1.29, 1.82) is 0 Å². The molecule has 0 spiro atoms. The Kier molecular flexibility index (Phi) is 3.69. The Morgan fingerprint density at radius 1 is 1.30 bits per heavy atom. The Hall–Kier alpha value is -3.17. The highest BCUT2D eigenvalue weighted by Gasteiger charge is 2.29. The third-order valence-corrected chi connectivity index (χ3v) is 4.98. The lowest BCUT2D eigenvalue weighted by atomic mass is 10.0. The fourth-order valence-corrected chi connectivity index (χ4v) is 3.45. The van der Waals surface area contributed by atoms with Crippen molar-refractivity contribution in [2.24, 2.45) is 5.92 Å². The van der Waals surface area contributed by atoms with Gasteiger partial charge in [0.05, 0.1) is 6.61 Å². The van der Waals surface area contributed by atoms with E-state index in [0.717, 1.165) is 43.3 Å². The molecule has 1 saturated heterocycles. The molecule has 3 aromatic heterocycles. The highest BCUT2D eigenvalue weighted by Crippen LogP contribution is 2.23. The third kappa shape index (κ3) is 2.86. The summed E-state index contributed by atoms with van der Waals surface area (Å²) in [5, 5.41) is 19.9. The SMILES string of the molecule is Cc1nnc2ccc(N3CC(CNC(=O)c4cc5n(n4)CCCO5)C3)nn12. The van der Waals surface area contributed by atoms with Gasteiger partial charge in [-0.3, -0.25) is 4.79 Å². The van der Waals surface area contributed by atoms with E-state index in [1.165, 1.54) is 0 Å². The van der Waals surface area contributed by atoms with Crippen molar-refractivity contribution >= 4 is 17.4 Å². The maximum atomic E-state index is 12.3. The van der Waals surface area contributed by atoms with Crippen molar-refractivity contribution in [2.45, 2.75) is 19.9 Å². The van der Waals surface area contributed by atoms with Crippen molar-refractivity contribution in [2.75, 3.05) is 31.1 Å². The first-order chi connectivity index (χ1) is 13.2. The van der Waals surface area contributed by atoms with E-state index in [4.69, 9.17) is 4.74 Å². The lowest BCUT2D eigenvalue weighted by molar-refractivity contribution is 0.0938. The van der Waals surface area contributed by atoms with E-state index >= 15 is 0 Å². The Morgan fingerprint density at radius 3 is 3.04 bits per heavy atom. The quantitative estimate of drug-likeness (QED) is 0.705. The number of nitrogens with zero attached hydrogens (tertiary/aromatic N) is 7. The standard InChI is InChI=1S/C17H20N8O2/c1-11-19-20-14-3-4-15(22-25(11)14)23-9-12(10-23)8-18-17(26)13-7-16-24(21-13)5-2-6-27-16/h3-4,7,12H,2,5-6,8-10H2,1H3,(H,18,26). The second-order valence-electron chi connectivity index (χ2n) is 6.98. The number of hydrogen-bond donors (Lipinski definition) is 1. The zero-order chi connectivity index (χ0) is 18.4. The van der Waals surface area contributed by atoms with E-state index in [1.807, 2.05) is 19.1 Å². The number of nitrogens with one attached hydrogen (secondary N) is 1. The summed E-state index contributed by atoms with van der Waals surface area (Å²) in [5.41, 5.74) is 1.16. The molecule has 1 N–H and O–H groups in total. The number of amides is 1. The molecule has 10 nitrogen and oxygen atoms in total. The van der Waals surface area contributed by atoms with Crippen molar-refractivity contribution < 1.29 is 9.53 Å². The Morgan fingerprint density at radius 2 is 2.19 bits per heavy atom. The zero-order valence-corrected chi connectivity index (χ0v) is 15.0. The van der Waals surface area contributed by atoms with Gasteiger partial charge in [-0.05, 0) is 19.1 Å². The molecule has 0 saturated carbocycles. The number of hydrogen-bond acceptors (Lipinski definition) is 7. The first kappa shape index (κ1) is 16.0. The fraction of sp³-hybridized carbons (Fsp3) is 0.471. The highest BCUT2D eigenvalue weighted by molar-refractivity contribution is 5.92. The molecule has 0 radical (unpaired) electrons. The van der Waals surface area contributed by atoms with Gasteiger partial charge >= 0.3 is 0 Å². The molecule has 1 fully saturated rings. The van der Waals surface area contributed by atoms with Crippen LogP contribution in [-0.4, -0.2) is 61.7 Å². The molecule has 10 heteroatoms. The molecule has 2 aliphatic rings. The highest BCUT2D eigenvalue weighted by atomic mass is 16.5. The average molecular weight is 368 g/mol. The van der Waals surface area contributed by atoms with Crippen molar-refractivity contribution in [3.05, 3.63) is 29.7 Å². The van der Waals surface area contributed by atoms with Crippen LogP contribution in [0.2, 0.25) is 0 Å². The molecule has 5 rings (SSSR count). The largest absolute Gasteiger partial charge is 0.478 e. The molecule has 0 bridgehead atoms. The summed E-state index contributed by atoms with van der Waals surface area (Å²) in [7, 11) is 0. The van der Waals surface area contributed by atoms with Crippen LogP contribution in [0.1, 0.15) is 22.7 Å². The van der Waals surface area contributed by atoms with Gasteiger partial charge in [0.15, 0.2) is 17.2 Å². The number of anilines is 1. The number of aromatic nitrogens is 6. The van der Waals surface area contributed by atoms with Gasteiger partial charge in [-0.15, -0.1) is 15.3 Å². The van der Waals surface area contributed by atoms with Crippen LogP contribution in [0, 0.1) is 12.8 Å². The van der Waals surface area contributed by atoms with Crippen LogP contribution in [0.25, 0.3) is 5.65 Å². The van der Waals surface area contributed by atoms with Crippen molar-refractivity contribution in [3.8, 4) is 5.88 Å². The minimum absolute atomic E-state index is 0.154. The fourth-order valence-electron chi connectivity index (χ4n) is 3.45. The van der Waals surface area contributed by atoms with Gasteiger partial charge in [0, 0.05) is 44.6 Å². The normalized spacial score (nSPS) is 16.7. The van der Waals surface area contributed by atoms with Crippen LogP contribution in [-0.2, 0) is 6.54 Å². The van der Waals surface area contributed by atoms with E-state index in [9.17, 15) is 4.79 Å². The number of fused-ring (bicyclic) bond motifs is 2. The summed E-state index contributed by atoms with van der Waals surface area (Å²) in [4.78, 5) is 14.5. The van der Waals surface area contributed by atoms with Gasteiger partial charge in [-0.2, -0.15) is 9.61 Å². The van der Waals surface area contributed by atoms with Gasteiger partial charge in [-0.25, -0.2) is 4.68 Å². The summed E-state index contributed by atoms with van der Waals surface area (Å²) in [6, 6.07) is 5.58. The van der Waals surface area contributed by atoms with Crippen LogP contribution in [0.5, 0.6) is 5.88 Å². The molecule has 140 valence electrons. The number of aryl methyl sites for hydroxylation is 2. The smallest absolute Gasteiger partial charge is 0.271 e. The monoisotopic (exact) mass is 368 g/mol. The summed E-state index contributed by atoms with van der Waals surface area (Å²) in [6.45, 7) is 5.67. The zero-order valence-electron chi connectivity index (χ0n) is 15.0. The topological polar surface area (TPSA) is 102 Å². The lowest BCUT2D eigenvalue weighted by Gasteiger charge is -2.40. The second-order valence-corrected chi connectivity index (χ2v) is 6.98. The van der Waals surface area contributed by atoms with Gasteiger partial charge < -0.3 is 15.0 Å². The van der Waals surface area contributed by atoms with E-state index in [2.05, 4.69) is 30.6 Å². The Balaban J connectivity index is 1.16. The molecule has 27 heavy (non-hydrogen) atoms.